The van der Waals surface area contributed by atoms with Crippen LogP contribution in [-0.2, 0) is 0 Å². The van der Waals surface area contributed by atoms with Crippen LogP contribution in [-0.4, -0.2) is 16.1 Å². The Labute approximate surface area is 133 Å². The Balaban J connectivity index is 1.95. The van der Waals surface area contributed by atoms with E-state index >= 15 is 0 Å². The fraction of sp³-hybridized carbons (Fsp3) is 0.0714. The van der Waals surface area contributed by atoms with Gasteiger partial charge in [-0.1, -0.05) is 15.9 Å². The summed E-state index contributed by atoms with van der Waals surface area (Å²) in [5, 5.41) is 11.4. The molecule has 0 bridgehead atoms. The SMILES string of the molecule is Cc1cc(Br)ccc1NC(=O)c1sc2nnccc2c1N. The van der Waals surface area contributed by atoms with Gasteiger partial charge >= 0.3 is 0 Å². The number of hydrogen-bond acceptors (Lipinski definition) is 5. The Bertz CT molecular complexity index is 846. The van der Waals surface area contributed by atoms with Gasteiger partial charge in [-0.25, -0.2) is 0 Å². The number of aryl methyl sites for hydroxylation is 1. The zero-order valence-electron chi connectivity index (χ0n) is 11.1. The second-order valence-electron chi connectivity index (χ2n) is 4.51. The Morgan fingerprint density at radius 3 is 2.90 bits per heavy atom. The molecule has 1 amide bonds. The molecule has 0 aliphatic rings. The predicted molar refractivity (Wildman–Crippen MR) is 88.7 cm³/mol. The molecule has 0 saturated heterocycles. The van der Waals surface area contributed by atoms with Crippen molar-refractivity contribution in [1.29, 1.82) is 0 Å². The predicted octanol–water partition coefficient (Wildman–Crippen LogP) is 3.60. The third kappa shape index (κ3) is 2.62. The molecule has 0 saturated carbocycles. The molecule has 0 aliphatic carbocycles. The van der Waals surface area contributed by atoms with Crippen LogP contribution in [0.1, 0.15) is 15.2 Å². The minimum absolute atomic E-state index is 0.235. The van der Waals surface area contributed by atoms with Gasteiger partial charge in [-0.2, -0.15) is 5.10 Å². The Hall–Kier alpha value is -1.99. The van der Waals surface area contributed by atoms with E-state index in [-0.39, 0.29) is 5.91 Å². The van der Waals surface area contributed by atoms with Gasteiger partial charge in [-0.15, -0.1) is 16.4 Å². The summed E-state index contributed by atoms with van der Waals surface area (Å²) in [6.45, 7) is 1.93. The molecule has 106 valence electrons. The van der Waals surface area contributed by atoms with Crippen LogP contribution in [0.3, 0.4) is 0 Å². The maximum absolute atomic E-state index is 12.4. The second-order valence-corrected chi connectivity index (χ2v) is 6.42. The molecule has 0 fully saturated rings. The molecule has 3 aromatic rings. The monoisotopic (exact) mass is 362 g/mol. The number of nitrogen functional groups attached to an aromatic ring is 1. The van der Waals surface area contributed by atoms with Crippen molar-refractivity contribution in [2.75, 3.05) is 11.1 Å². The molecule has 3 N–H and O–H groups in total. The molecule has 1 aromatic carbocycles. The maximum atomic E-state index is 12.4. The lowest BCUT2D eigenvalue weighted by Gasteiger charge is -2.08. The average molecular weight is 363 g/mol. The van der Waals surface area contributed by atoms with Crippen molar-refractivity contribution in [3.8, 4) is 0 Å². The molecule has 2 heterocycles. The molecule has 21 heavy (non-hydrogen) atoms. The van der Waals surface area contributed by atoms with Crippen LogP contribution in [0.25, 0.3) is 10.2 Å². The quantitative estimate of drug-likeness (QED) is 0.729. The number of nitrogens with one attached hydrogen (secondary N) is 1. The summed E-state index contributed by atoms with van der Waals surface area (Å²) < 4.78 is 0.967. The number of fused-ring (bicyclic) bond motifs is 1. The number of carbonyl (C=O) groups excluding carboxylic acids is 1. The second kappa shape index (κ2) is 5.42. The van der Waals surface area contributed by atoms with Crippen LogP contribution in [0.5, 0.6) is 0 Å². The number of amides is 1. The van der Waals surface area contributed by atoms with Gasteiger partial charge in [-0.3, -0.25) is 4.79 Å². The van der Waals surface area contributed by atoms with Crippen molar-refractivity contribution < 1.29 is 4.79 Å². The molecule has 0 unspecified atom stereocenters. The van der Waals surface area contributed by atoms with E-state index in [0.29, 0.717) is 15.4 Å². The average Bonchev–Trinajstić information content (AvgIpc) is 2.80. The van der Waals surface area contributed by atoms with Crippen molar-refractivity contribution in [3.63, 3.8) is 0 Å². The van der Waals surface area contributed by atoms with Crippen LogP contribution >= 0.6 is 27.3 Å². The molecule has 7 heteroatoms. The van der Waals surface area contributed by atoms with E-state index in [2.05, 4.69) is 31.4 Å². The first kappa shape index (κ1) is 14.0. The first-order valence-corrected chi connectivity index (χ1v) is 7.74. The summed E-state index contributed by atoms with van der Waals surface area (Å²) in [4.78, 5) is 13.5. The summed E-state index contributed by atoms with van der Waals surface area (Å²) in [6, 6.07) is 7.42. The zero-order chi connectivity index (χ0) is 15.0. The first-order chi connectivity index (χ1) is 10.1. The first-order valence-electron chi connectivity index (χ1n) is 6.13. The lowest BCUT2D eigenvalue weighted by Crippen LogP contribution is -2.12. The molecule has 2 aromatic heterocycles. The number of thiophene rings is 1. The third-order valence-electron chi connectivity index (χ3n) is 3.06. The highest BCUT2D eigenvalue weighted by molar-refractivity contribution is 9.10. The van der Waals surface area contributed by atoms with Gasteiger partial charge in [0.05, 0.1) is 11.9 Å². The van der Waals surface area contributed by atoms with E-state index in [1.165, 1.54) is 11.3 Å². The van der Waals surface area contributed by atoms with E-state index in [9.17, 15) is 4.79 Å². The van der Waals surface area contributed by atoms with Crippen LogP contribution in [0.2, 0.25) is 0 Å². The normalized spacial score (nSPS) is 10.8. The third-order valence-corrected chi connectivity index (χ3v) is 4.66. The molecule has 5 nitrogen and oxygen atoms in total. The number of nitrogens with zero attached hydrogens (tertiary/aromatic N) is 2. The van der Waals surface area contributed by atoms with E-state index in [1.54, 1.807) is 12.3 Å². The van der Waals surface area contributed by atoms with Crippen molar-refractivity contribution >= 4 is 54.8 Å². The Morgan fingerprint density at radius 1 is 1.38 bits per heavy atom. The maximum Gasteiger partial charge on any atom is 0.267 e. The van der Waals surface area contributed by atoms with E-state index < -0.39 is 0 Å². The fourth-order valence-electron chi connectivity index (χ4n) is 1.99. The van der Waals surface area contributed by atoms with Crippen LogP contribution in [0, 0.1) is 6.92 Å². The van der Waals surface area contributed by atoms with Gasteiger partial charge in [0.1, 0.15) is 9.71 Å². The molecule has 0 spiro atoms. The number of carbonyl (C=O) groups is 1. The summed E-state index contributed by atoms with van der Waals surface area (Å²) in [6.07, 6.45) is 1.56. The summed E-state index contributed by atoms with van der Waals surface area (Å²) in [5.74, 6) is -0.235. The van der Waals surface area contributed by atoms with Gasteiger partial charge < -0.3 is 11.1 Å². The molecule has 0 atom stereocenters. The van der Waals surface area contributed by atoms with Gasteiger partial charge in [0.2, 0.25) is 0 Å². The fourth-order valence-corrected chi connectivity index (χ4v) is 3.40. The van der Waals surface area contributed by atoms with Crippen LogP contribution < -0.4 is 11.1 Å². The number of nitrogens with two attached hydrogens (primary N) is 1. The summed E-state index contributed by atoms with van der Waals surface area (Å²) in [5.41, 5.74) is 8.20. The van der Waals surface area contributed by atoms with Gasteiger partial charge in [0, 0.05) is 15.5 Å². The summed E-state index contributed by atoms with van der Waals surface area (Å²) in [7, 11) is 0. The topological polar surface area (TPSA) is 80.9 Å². The number of anilines is 2. The van der Waals surface area contributed by atoms with Crippen LogP contribution in [0.15, 0.2) is 34.9 Å². The number of halogens is 1. The minimum Gasteiger partial charge on any atom is -0.397 e. The van der Waals surface area contributed by atoms with Crippen molar-refractivity contribution in [1.82, 2.24) is 10.2 Å². The van der Waals surface area contributed by atoms with Gasteiger partial charge in [0.15, 0.2) is 0 Å². The highest BCUT2D eigenvalue weighted by Crippen LogP contribution is 2.32. The molecular weight excluding hydrogens is 352 g/mol. The van der Waals surface area contributed by atoms with Gasteiger partial charge in [0.25, 0.3) is 5.91 Å². The van der Waals surface area contributed by atoms with E-state index in [4.69, 9.17) is 5.73 Å². The minimum atomic E-state index is -0.235. The number of aromatic nitrogens is 2. The summed E-state index contributed by atoms with van der Waals surface area (Å²) >= 11 is 4.64. The highest BCUT2D eigenvalue weighted by atomic mass is 79.9. The number of benzene rings is 1. The largest absolute Gasteiger partial charge is 0.397 e. The van der Waals surface area contributed by atoms with E-state index in [1.807, 2.05) is 25.1 Å². The van der Waals surface area contributed by atoms with Crippen molar-refractivity contribution in [2.45, 2.75) is 6.92 Å². The molecule has 0 radical (unpaired) electrons. The van der Waals surface area contributed by atoms with Crippen molar-refractivity contribution in [3.05, 3.63) is 45.4 Å². The van der Waals surface area contributed by atoms with Crippen molar-refractivity contribution in [2.24, 2.45) is 0 Å². The molecular formula is C14H11BrN4OS. The Kier molecular flexibility index (Phi) is 3.60. The standard InChI is InChI=1S/C14H11BrN4OS/c1-7-6-8(15)2-3-10(7)18-13(20)12-11(16)9-4-5-17-19-14(9)21-12/h2-6H,16H2,1H3,(H,18,20). The lowest BCUT2D eigenvalue weighted by molar-refractivity contribution is 0.103. The number of rotatable bonds is 2. The Morgan fingerprint density at radius 2 is 2.19 bits per heavy atom. The number of hydrogen-bond donors (Lipinski definition) is 2. The lowest BCUT2D eigenvalue weighted by atomic mass is 10.2. The molecule has 3 rings (SSSR count). The smallest absolute Gasteiger partial charge is 0.267 e. The zero-order valence-corrected chi connectivity index (χ0v) is 13.5. The van der Waals surface area contributed by atoms with Gasteiger partial charge in [-0.05, 0) is 36.8 Å². The van der Waals surface area contributed by atoms with E-state index in [0.717, 1.165) is 21.1 Å². The van der Waals surface area contributed by atoms with Crippen LogP contribution in [0.4, 0.5) is 11.4 Å². The highest BCUT2D eigenvalue weighted by Gasteiger charge is 2.17. The molecule has 0 aliphatic heterocycles.